The van der Waals surface area contributed by atoms with Gasteiger partial charge in [0.25, 0.3) is 5.91 Å². The SMILES string of the molecule is CNC(=O)c1ccc(OC2CCC(NC(=O)Nc3ccc(C)cc3)CC2)cc1. The lowest BCUT2D eigenvalue weighted by Gasteiger charge is -2.29. The molecule has 3 amide bonds. The molecular weight excluding hydrogens is 354 g/mol. The number of urea groups is 1. The van der Waals surface area contributed by atoms with Crippen molar-refractivity contribution in [1.82, 2.24) is 10.6 Å². The standard InChI is InChI=1S/C22H27N3O3/c1-15-3-7-17(8-4-15)24-22(27)25-18-9-13-20(14-10-18)28-19-11-5-16(6-12-19)21(26)23-2/h3-8,11-12,18,20H,9-10,13-14H2,1-2H3,(H,23,26)(H2,24,25,27). The summed E-state index contributed by atoms with van der Waals surface area (Å²) in [5, 5.41) is 8.52. The highest BCUT2D eigenvalue weighted by Gasteiger charge is 2.23. The highest BCUT2D eigenvalue weighted by atomic mass is 16.5. The Bertz CT molecular complexity index is 795. The summed E-state index contributed by atoms with van der Waals surface area (Å²) < 4.78 is 6.02. The van der Waals surface area contributed by atoms with Gasteiger partial charge in [0, 0.05) is 24.3 Å². The van der Waals surface area contributed by atoms with Gasteiger partial charge in [0.2, 0.25) is 0 Å². The first-order valence-electron chi connectivity index (χ1n) is 9.66. The van der Waals surface area contributed by atoms with Crippen molar-refractivity contribution in [2.75, 3.05) is 12.4 Å². The van der Waals surface area contributed by atoms with Gasteiger partial charge in [-0.15, -0.1) is 0 Å². The molecule has 0 aromatic heterocycles. The first kappa shape index (κ1) is 19.7. The van der Waals surface area contributed by atoms with E-state index in [1.165, 1.54) is 0 Å². The summed E-state index contributed by atoms with van der Waals surface area (Å²) in [5.74, 6) is 0.656. The van der Waals surface area contributed by atoms with E-state index >= 15 is 0 Å². The van der Waals surface area contributed by atoms with Gasteiger partial charge in [-0.05, 0) is 69.0 Å². The summed E-state index contributed by atoms with van der Waals surface area (Å²) in [6.07, 6.45) is 3.65. The number of nitrogens with one attached hydrogen (secondary N) is 3. The molecule has 0 spiro atoms. The molecule has 2 aromatic rings. The molecule has 148 valence electrons. The summed E-state index contributed by atoms with van der Waals surface area (Å²) in [5.41, 5.74) is 2.57. The molecule has 6 heteroatoms. The largest absolute Gasteiger partial charge is 0.490 e. The number of benzene rings is 2. The van der Waals surface area contributed by atoms with Crippen LogP contribution in [0, 0.1) is 6.92 Å². The second-order valence-electron chi connectivity index (χ2n) is 7.16. The normalized spacial score (nSPS) is 18.8. The van der Waals surface area contributed by atoms with Crippen LogP contribution in [0.25, 0.3) is 0 Å². The first-order chi connectivity index (χ1) is 13.5. The van der Waals surface area contributed by atoms with Gasteiger partial charge in [0.1, 0.15) is 5.75 Å². The van der Waals surface area contributed by atoms with Gasteiger partial charge in [-0.25, -0.2) is 4.79 Å². The van der Waals surface area contributed by atoms with E-state index in [0.717, 1.165) is 42.7 Å². The minimum atomic E-state index is -0.169. The summed E-state index contributed by atoms with van der Waals surface area (Å²) in [6, 6.07) is 14.9. The van der Waals surface area contributed by atoms with E-state index in [4.69, 9.17) is 4.74 Å². The maximum Gasteiger partial charge on any atom is 0.319 e. The third kappa shape index (κ3) is 5.49. The molecule has 0 saturated heterocycles. The van der Waals surface area contributed by atoms with Gasteiger partial charge < -0.3 is 20.7 Å². The molecular formula is C22H27N3O3. The molecule has 1 aliphatic rings. The van der Waals surface area contributed by atoms with Gasteiger partial charge in [-0.1, -0.05) is 17.7 Å². The van der Waals surface area contributed by atoms with Crippen LogP contribution in [0.5, 0.6) is 5.75 Å². The zero-order valence-corrected chi connectivity index (χ0v) is 16.3. The highest BCUT2D eigenvalue weighted by molar-refractivity contribution is 5.94. The Morgan fingerprint density at radius 3 is 2.18 bits per heavy atom. The summed E-state index contributed by atoms with van der Waals surface area (Å²) >= 11 is 0. The lowest BCUT2D eigenvalue weighted by atomic mass is 9.93. The number of carbonyl (C=O) groups excluding carboxylic acids is 2. The monoisotopic (exact) mass is 381 g/mol. The quantitative estimate of drug-likeness (QED) is 0.736. The van der Waals surface area contributed by atoms with Crippen LogP contribution in [0.1, 0.15) is 41.6 Å². The predicted octanol–water partition coefficient (Wildman–Crippen LogP) is 3.87. The fourth-order valence-corrected chi connectivity index (χ4v) is 3.34. The van der Waals surface area contributed by atoms with E-state index in [1.807, 2.05) is 43.3 Å². The lowest BCUT2D eigenvalue weighted by molar-refractivity contribution is 0.0963. The van der Waals surface area contributed by atoms with E-state index in [0.29, 0.717) is 5.56 Å². The molecule has 0 atom stereocenters. The number of aryl methyl sites for hydroxylation is 1. The molecule has 6 nitrogen and oxygen atoms in total. The Balaban J connectivity index is 1.42. The third-order valence-electron chi connectivity index (χ3n) is 4.97. The molecule has 0 radical (unpaired) electrons. The van der Waals surface area contributed by atoms with Crippen molar-refractivity contribution in [2.24, 2.45) is 0 Å². The predicted molar refractivity (Wildman–Crippen MR) is 110 cm³/mol. The van der Waals surface area contributed by atoms with Crippen LogP contribution < -0.4 is 20.7 Å². The van der Waals surface area contributed by atoms with Crippen molar-refractivity contribution < 1.29 is 14.3 Å². The molecule has 1 saturated carbocycles. The highest BCUT2D eigenvalue weighted by Crippen LogP contribution is 2.24. The molecule has 1 fully saturated rings. The number of rotatable bonds is 5. The van der Waals surface area contributed by atoms with E-state index < -0.39 is 0 Å². The molecule has 0 aliphatic heterocycles. The van der Waals surface area contributed by atoms with Gasteiger partial charge >= 0.3 is 6.03 Å². The van der Waals surface area contributed by atoms with Crippen molar-refractivity contribution in [1.29, 1.82) is 0 Å². The van der Waals surface area contributed by atoms with Crippen LogP contribution in [0.2, 0.25) is 0 Å². The Hall–Kier alpha value is -3.02. The Morgan fingerprint density at radius 2 is 1.57 bits per heavy atom. The lowest BCUT2D eigenvalue weighted by Crippen LogP contribution is -2.41. The van der Waals surface area contributed by atoms with Crippen LogP contribution in [-0.4, -0.2) is 31.1 Å². The Labute approximate surface area is 165 Å². The Morgan fingerprint density at radius 1 is 0.929 bits per heavy atom. The van der Waals surface area contributed by atoms with E-state index in [9.17, 15) is 9.59 Å². The van der Waals surface area contributed by atoms with Crippen LogP contribution in [0.3, 0.4) is 0 Å². The fraction of sp³-hybridized carbons (Fsp3) is 0.364. The topological polar surface area (TPSA) is 79.5 Å². The second-order valence-corrected chi connectivity index (χ2v) is 7.16. The van der Waals surface area contributed by atoms with Crippen LogP contribution in [-0.2, 0) is 0 Å². The fourth-order valence-electron chi connectivity index (χ4n) is 3.34. The number of hydrogen-bond acceptors (Lipinski definition) is 3. The van der Waals surface area contributed by atoms with E-state index in [2.05, 4.69) is 16.0 Å². The summed E-state index contributed by atoms with van der Waals surface area (Å²) in [4.78, 5) is 23.7. The number of carbonyl (C=O) groups is 2. The van der Waals surface area contributed by atoms with Crippen molar-refractivity contribution in [2.45, 2.75) is 44.8 Å². The number of anilines is 1. The van der Waals surface area contributed by atoms with Crippen molar-refractivity contribution >= 4 is 17.6 Å². The van der Waals surface area contributed by atoms with E-state index in [-0.39, 0.29) is 24.1 Å². The van der Waals surface area contributed by atoms with Crippen molar-refractivity contribution in [3.05, 3.63) is 59.7 Å². The molecule has 2 aromatic carbocycles. The molecule has 3 rings (SSSR count). The maximum absolute atomic E-state index is 12.2. The van der Waals surface area contributed by atoms with Gasteiger partial charge in [0.15, 0.2) is 0 Å². The first-order valence-corrected chi connectivity index (χ1v) is 9.66. The number of ether oxygens (including phenoxy) is 1. The summed E-state index contributed by atoms with van der Waals surface area (Å²) in [6.45, 7) is 2.01. The summed E-state index contributed by atoms with van der Waals surface area (Å²) in [7, 11) is 1.61. The molecule has 1 aliphatic carbocycles. The van der Waals surface area contributed by atoms with Crippen LogP contribution in [0.4, 0.5) is 10.5 Å². The van der Waals surface area contributed by atoms with Crippen molar-refractivity contribution in [3.8, 4) is 5.75 Å². The van der Waals surface area contributed by atoms with Crippen molar-refractivity contribution in [3.63, 3.8) is 0 Å². The third-order valence-corrected chi connectivity index (χ3v) is 4.97. The molecule has 3 N–H and O–H groups in total. The minimum absolute atomic E-state index is 0.109. The van der Waals surface area contributed by atoms with E-state index in [1.54, 1.807) is 19.2 Å². The van der Waals surface area contributed by atoms with Crippen LogP contribution >= 0.6 is 0 Å². The van der Waals surface area contributed by atoms with Gasteiger partial charge in [-0.2, -0.15) is 0 Å². The minimum Gasteiger partial charge on any atom is -0.490 e. The molecule has 0 unspecified atom stereocenters. The van der Waals surface area contributed by atoms with Gasteiger partial charge in [-0.3, -0.25) is 4.79 Å². The molecule has 0 heterocycles. The van der Waals surface area contributed by atoms with Gasteiger partial charge in [0.05, 0.1) is 6.10 Å². The second kappa shape index (κ2) is 9.26. The maximum atomic E-state index is 12.2. The molecule has 28 heavy (non-hydrogen) atoms. The zero-order chi connectivity index (χ0) is 19.9. The van der Waals surface area contributed by atoms with Crippen LogP contribution in [0.15, 0.2) is 48.5 Å². The average Bonchev–Trinajstić information content (AvgIpc) is 2.71. The number of hydrogen-bond donors (Lipinski definition) is 3. The smallest absolute Gasteiger partial charge is 0.319 e. The number of amides is 3. The average molecular weight is 381 g/mol. The Kier molecular flexibility index (Phi) is 6.53. The zero-order valence-electron chi connectivity index (χ0n) is 16.3. The molecule has 0 bridgehead atoms.